The number of aromatic nitrogens is 1. The van der Waals surface area contributed by atoms with Crippen LogP contribution < -0.4 is 5.32 Å². The Labute approximate surface area is 99.1 Å². The highest BCUT2D eigenvalue weighted by atomic mass is 79.9. The number of rotatable bonds is 3. The summed E-state index contributed by atoms with van der Waals surface area (Å²) in [5, 5.41) is 11.8. The summed E-state index contributed by atoms with van der Waals surface area (Å²) in [6.07, 6.45) is 1.64. The fourth-order valence-corrected chi connectivity index (χ4v) is 1.32. The van der Waals surface area contributed by atoms with Gasteiger partial charge >= 0.3 is 0 Å². The van der Waals surface area contributed by atoms with Crippen LogP contribution in [0.1, 0.15) is 5.56 Å². The second-order valence-corrected chi connectivity index (χ2v) is 4.57. The van der Waals surface area contributed by atoms with Gasteiger partial charge in [0.2, 0.25) is 0 Å². The maximum Gasteiger partial charge on any atom is 0.144 e. The first kappa shape index (κ1) is 11.2. The van der Waals surface area contributed by atoms with Gasteiger partial charge in [0.05, 0.1) is 5.56 Å². The predicted octanol–water partition coefficient (Wildman–Crippen LogP) is 3.04. The molecule has 0 fully saturated rings. The van der Waals surface area contributed by atoms with Crippen molar-refractivity contribution in [2.24, 2.45) is 0 Å². The maximum atomic E-state index is 8.82. The van der Waals surface area contributed by atoms with Crippen LogP contribution in [0.4, 0.5) is 5.82 Å². The molecule has 3 nitrogen and oxygen atoms in total. The molecule has 0 amide bonds. The number of pyridine rings is 1. The Morgan fingerprint density at radius 2 is 2.43 bits per heavy atom. The summed E-state index contributed by atoms with van der Waals surface area (Å²) in [7, 11) is 0. The fourth-order valence-electron chi connectivity index (χ4n) is 0.845. The van der Waals surface area contributed by atoms with E-state index in [-0.39, 0.29) is 0 Å². The Hall–Kier alpha value is -0.860. The van der Waals surface area contributed by atoms with Gasteiger partial charge in [-0.1, -0.05) is 22.5 Å². The van der Waals surface area contributed by atoms with Gasteiger partial charge in [0.15, 0.2) is 0 Å². The molecule has 0 unspecified atom stereocenters. The highest BCUT2D eigenvalue weighted by Gasteiger charge is 2.03. The van der Waals surface area contributed by atoms with Crippen molar-refractivity contribution < 1.29 is 0 Å². The molecule has 0 spiro atoms. The third-order valence-electron chi connectivity index (χ3n) is 1.42. The minimum Gasteiger partial charge on any atom is -0.364 e. The maximum absolute atomic E-state index is 8.82. The van der Waals surface area contributed by atoms with Crippen LogP contribution in [0.25, 0.3) is 0 Å². The molecule has 0 aliphatic rings. The largest absolute Gasteiger partial charge is 0.364 e. The molecule has 0 aromatic carbocycles. The van der Waals surface area contributed by atoms with Crippen LogP contribution in [0.2, 0.25) is 0 Å². The highest BCUT2D eigenvalue weighted by molar-refractivity contribution is 9.11. The van der Waals surface area contributed by atoms with Crippen LogP contribution in [-0.4, -0.2) is 11.5 Å². The van der Waals surface area contributed by atoms with E-state index in [0.29, 0.717) is 17.9 Å². The lowest BCUT2D eigenvalue weighted by Gasteiger charge is -2.05. The molecule has 1 N–H and O–H groups in total. The Balaban J connectivity index is 2.87. The molecule has 0 atom stereocenters. The summed E-state index contributed by atoms with van der Waals surface area (Å²) in [5.41, 5.74) is 0.508. The standard InChI is InChI=1S/C9H7Br2N3/c1-6(10)4-13-9-7(3-12)2-8(11)5-14-9/h2,5H,1,4H2,(H,13,14). The number of nitriles is 1. The number of anilines is 1. The van der Waals surface area contributed by atoms with E-state index in [2.05, 4.69) is 54.8 Å². The Morgan fingerprint density at radius 1 is 1.71 bits per heavy atom. The molecule has 1 heterocycles. The van der Waals surface area contributed by atoms with E-state index in [9.17, 15) is 0 Å². The van der Waals surface area contributed by atoms with Crippen molar-refractivity contribution in [2.75, 3.05) is 11.9 Å². The van der Waals surface area contributed by atoms with Gasteiger partial charge in [0, 0.05) is 21.7 Å². The molecule has 0 saturated carbocycles. The summed E-state index contributed by atoms with van der Waals surface area (Å²) in [5.74, 6) is 0.566. The van der Waals surface area contributed by atoms with Crippen LogP contribution in [0.5, 0.6) is 0 Å². The Kier molecular flexibility index (Phi) is 4.11. The van der Waals surface area contributed by atoms with Crippen molar-refractivity contribution in [1.29, 1.82) is 5.26 Å². The molecule has 0 aliphatic heterocycles. The highest BCUT2D eigenvalue weighted by Crippen LogP contribution is 2.17. The minimum absolute atomic E-state index is 0.508. The van der Waals surface area contributed by atoms with E-state index in [0.717, 1.165) is 8.96 Å². The van der Waals surface area contributed by atoms with E-state index in [1.54, 1.807) is 12.3 Å². The van der Waals surface area contributed by atoms with Crippen molar-refractivity contribution in [3.63, 3.8) is 0 Å². The van der Waals surface area contributed by atoms with Gasteiger partial charge in [0.1, 0.15) is 11.9 Å². The number of halogens is 2. The first-order chi connectivity index (χ1) is 6.63. The summed E-state index contributed by atoms with van der Waals surface area (Å²) in [6, 6.07) is 3.77. The van der Waals surface area contributed by atoms with Crippen LogP contribution in [0.15, 0.2) is 27.8 Å². The van der Waals surface area contributed by atoms with Gasteiger partial charge in [0.25, 0.3) is 0 Å². The topological polar surface area (TPSA) is 48.7 Å². The second kappa shape index (κ2) is 5.13. The number of hydrogen-bond donors (Lipinski definition) is 1. The summed E-state index contributed by atoms with van der Waals surface area (Å²) in [6.45, 7) is 4.22. The molecule has 0 aliphatic carbocycles. The third kappa shape index (κ3) is 3.13. The van der Waals surface area contributed by atoms with Crippen LogP contribution >= 0.6 is 31.9 Å². The Bertz CT molecular complexity index is 396. The third-order valence-corrected chi connectivity index (χ3v) is 2.14. The van der Waals surface area contributed by atoms with Crippen LogP contribution in [0, 0.1) is 11.3 Å². The van der Waals surface area contributed by atoms with Crippen molar-refractivity contribution in [1.82, 2.24) is 4.98 Å². The molecule has 0 saturated heterocycles. The second-order valence-electron chi connectivity index (χ2n) is 2.53. The van der Waals surface area contributed by atoms with Gasteiger partial charge in [-0.25, -0.2) is 4.98 Å². The molecule has 0 radical (unpaired) electrons. The van der Waals surface area contributed by atoms with Crippen molar-refractivity contribution in [3.05, 3.63) is 33.4 Å². The van der Waals surface area contributed by atoms with E-state index < -0.39 is 0 Å². The number of nitrogens with zero attached hydrogens (tertiary/aromatic N) is 2. The quantitative estimate of drug-likeness (QED) is 0.932. The van der Waals surface area contributed by atoms with Crippen molar-refractivity contribution in [2.45, 2.75) is 0 Å². The molecule has 1 rings (SSSR count). The zero-order chi connectivity index (χ0) is 10.6. The van der Waals surface area contributed by atoms with Gasteiger partial charge in [-0.15, -0.1) is 0 Å². The monoisotopic (exact) mass is 315 g/mol. The number of hydrogen-bond acceptors (Lipinski definition) is 3. The van der Waals surface area contributed by atoms with E-state index in [4.69, 9.17) is 5.26 Å². The molecular formula is C9H7Br2N3. The SMILES string of the molecule is C=C(Br)CNc1ncc(Br)cc1C#N. The molecule has 14 heavy (non-hydrogen) atoms. The predicted molar refractivity (Wildman–Crippen MR) is 63.2 cm³/mol. The zero-order valence-electron chi connectivity index (χ0n) is 7.22. The average Bonchev–Trinajstić information content (AvgIpc) is 2.15. The van der Waals surface area contributed by atoms with E-state index in [1.807, 2.05) is 0 Å². The van der Waals surface area contributed by atoms with E-state index >= 15 is 0 Å². The summed E-state index contributed by atoms with van der Waals surface area (Å²) < 4.78 is 1.60. The number of nitrogens with one attached hydrogen (secondary N) is 1. The lowest BCUT2D eigenvalue weighted by molar-refractivity contribution is 1.20. The average molecular weight is 317 g/mol. The lowest BCUT2D eigenvalue weighted by atomic mass is 10.3. The molecule has 1 aromatic rings. The Morgan fingerprint density at radius 3 is 3.00 bits per heavy atom. The van der Waals surface area contributed by atoms with E-state index in [1.165, 1.54) is 0 Å². The molecular weight excluding hydrogens is 310 g/mol. The van der Waals surface area contributed by atoms with Gasteiger partial charge in [-0.05, 0) is 22.0 Å². The van der Waals surface area contributed by atoms with Crippen LogP contribution in [0.3, 0.4) is 0 Å². The first-order valence-electron chi connectivity index (χ1n) is 3.76. The molecule has 72 valence electrons. The van der Waals surface area contributed by atoms with Gasteiger partial charge in [-0.2, -0.15) is 5.26 Å². The zero-order valence-corrected chi connectivity index (χ0v) is 10.4. The van der Waals surface area contributed by atoms with Crippen LogP contribution in [-0.2, 0) is 0 Å². The fraction of sp³-hybridized carbons (Fsp3) is 0.111. The lowest BCUT2D eigenvalue weighted by Crippen LogP contribution is -2.04. The van der Waals surface area contributed by atoms with Gasteiger partial charge in [-0.3, -0.25) is 0 Å². The van der Waals surface area contributed by atoms with Gasteiger partial charge < -0.3 is 5.32 Å². The molecule has 0 bridgehead atoms. The van der Waals surface area contributed by atoms with Crippen molar-refractivity contribution >= 4 is 37.7 Å². The smallest absolute Gasteiger partial charge is 0.144 e. The molecule has 1 aromatic heterocycles. The van der Waals surface area contributed by atoms with Crippen molar-refractivity contribution in [3.8, 4) is 6.07 Å². The molecule has 5 heteroatoms. The summed E-state index contributed by atoms with van der Waals surface area (Å²) in [4.78, 5) is 4.08. The normalized spacial score (nSPS) is 9.21. The summed E-state index contributed by atoms with van der Waals surface area (Å²) >= 11 is 6.46. The first-order valence-corrected chi connectivity index (χ1v) is 5.35. The minimum atomic E-state index is 0.508.